The summed E-state index contributed by atoms with van der Waals surface area (Å²) in [6.45, 7) is 2.08. The Kier molecular flexibility index (Phi) is 22.2. The summed E-state index contributed by atoms with van der Waals surface area (Å²) in [4.78, 5) is 68.3. The summed E-state index contributed by atoms with van der Waals surface area (Å²) in [6.07, 6.45) is 7.29. The van der Waals surface area contributed by atoms with Crippen molar-refractivity contribution in [3.05, 3.63) is 24.3 Å². The van der Waals surface area contributed by atoms with Crippen molar-refractivity contribution in [3.8, 4) is 0 Å². The summed E-state index contributed by atoms with van der Waals surface area (Å²) in [5.41, 5.74) is 0. The van der Waals surface area contributed by atoms with Gasteiger partial charge in [-0.3, -0.25) is 28.7 Å². The first-order valence-corrected chi connectivity index (χ1v) is 10.4. The van der Waals surface area contributed by atoms with E-state index in [1.165, 1.54) is 19.1 Å². The molecule has 1 saturated heterocycles. The fourth-order valence-electron chi connectivity index (χ4n) is 2.91. The van der Waals surface area contributed by atoms with E-state index >= 15 is 0 Å². The van der Waals surface area contributed by atoms with Gasteiger partial charge in [-0.2, -0.15) is 0 Å². The first-order chi connectivity index (χ1) is 16.2. The normalized spacial score (nSPS) is 16.9. The van der Waals surface area contributed by atoms with Crippen molar-refractivity contribution in [2.24, 2.45) is 0 Å². The average Bonchev–Trinajstić information content (AvgIpc) is 2.79. The van der Waals surface area contributed by atoms with Gasteiger partial charge in [0.2, 0.25) is 23.6 Å². The molecule has 0 spiro atoms. The monoisotopic (exact) mass is 543 g/mol. The van der Waals surface area contributed by atoms with Crippen LogP contribution in [-0.4, -0.2) is 67.1 Å². The Morgan fingerprint density at radius 1 is 0.857 bits per heavy atom. The average molecular weight is 544 g/mol. The van der Waals surface area contributed by atoms with Crippen molar-refractivity contribution in [1.82, 2.24) is 21.3 Å². The summed E-state index contributed by atoms with van der Waals surface area (Å²) in [5, 5.41) is 19.0. The number of hydrogen-bond donors (Lipinski definition) is 5. The van der Waals surface area contributed by atoms with Crippen molar-refractivity contribution >= 4 is 45.3 Å². The van der Waals surface area contributed by atoms with E-state index in [4.69, 9.17) is 9.82 Å². The quantitative estimate of drug-likeness (QED) is 0.0665. The minimum absolute atomic E-state index is 0. The van der Waals surface area contributed by atoms with E-state index in [0.29, 0.717) is 51.6 Å². The maximum absolute atomic E-state index is 12.2. The van der Waals surface area contributed by atoms with Gasteiger partial charge in [0.25, 0.3) is 1.45 Å². The third kappa shape index (κ3) is 18.4. The molecule has 35 heavy (non-hydrogen) atoms. The topological polar surface area (TPSA) is 171 Å². The Morgan fingerprint density at radius 2 is 1.26 bits per heavy atom. The van der Waals surface area contributed by atoms with E-state index < -0.39 is 24.0 Å². The van der Waals surface area contributed by atoms with Crippen LogP contribution in [0.2, 0.25) is 0 Å². The van der Waals surface area contributed by atoms with Crippen molar-refractivity contribution in [2.45, 2.75) is 57.5 Å². The van der Waals surface area contributed by atoms with E-state index in [1.807, 2.05) is 0 Å². The zero-order chi connectivity index (χ0) is 25.9. The number of unbranched alkanes of at least 4 members (excludes halogenated alkanes) is 2. The summed E-state index contributed by atoms with van der Waals surface area (Å²) in [6, 6.07) is -1.25. The molecule has 11 nitrogen and oxygen atoms in total. The van der Waals surface area contributed by atoms with Crippen molar-refractivity contribution in [1.29, 1.82) is 1.45 Å². The Labute approximate surface area is 251 Å². The molecule has 0 saturated carbocycles. The number of halogens is 1. The number of ketones is 1. The Bertz CT molecular complexity index is 738. The number of carboxylic acid groups (broad SMARTS) is 1. The van der Waals surface area contributed by atoms with Crippen LogP contribution in [0.25, 0.3) is 0 Å². The van der Waals surface area contributed by atoms with Crippen LogP contribution < -0.4 is 72.7 Å². The van der Waals surface area contributed by atoms with Gasteiger partial charge in [0.05, 0.1) is 0 Å². The Balaban J connectivity index is -0.00000265. The Hall–Kier alpha value is -1.50. The predicted molar refractivity (Wildman–Crippen MR) is 126 cm³/mol. The number of amides is 4. The van der Waals surface area contributed by atoms with Crippen LogP contribution >= 0.6 is 9.90 Å². The smallest absolute Gasteiger partial charge is 0.577 e. The molecule has 1 aliphatic heterocycles. The van der Waals surface area contributed by atoms with Crippen LogP contribution in [0.3, 0.4) is 0 Å². The number of carboxylic acids is 1. The van der Waals surface area contributed by atoms with Gasteiger partial charge in [-0.1, -0.05) is 0 Å². The van der Waals surface area contributed by atoms with E-state index in [9.17, 15) is 28.8 Å². The summed E-state index contributed by atoms with van der Waals surface area (Å²) < 4.78 is 13.0. The first kappa shape index (κ1) is 35.7. The predicted octanol–water partition coefficient (Wildman–Crippen LogP) is -3.19. The van der Waals surface area contributed by atoms with Gasteiger partial charge in [-0.15, -0.1) is 0 Å². The Morgan fingerprint density at radius 3 is 1.63 bits per heavy atom. The maximum atomic E-state index is 12.2. The fraction of sp³-hybridized carbons (Fsp3) is 0.524. The zero-order valence-corrected chi connectivity index (χ0v) is 24.3. The molecule has 0 aliphatic carbocycles. The van der Waals surface area contributed by atoms with Gasteiger partial charge in [0.1, 0.15) is 12.1 Å². The maximum Gasteiger partial charge on any atom is 1.00 e. The van der Waals surface area contributed by atoms with Gasteiger partial charge < -0.3 is 36.3 Å². The van der Waals surface area contributed by atoms with Crippen LogP contribution in [0.15, 0.2) is 24.3 Å². The number of carbonyl (C=O) groups is 6. The largest absolute Gasteiger partial charge is 1.00 e. The molecule has 4 amide bonds. The van der Waals surface area contributed by atoms with E-state index in [2.05, 4.69) is 22.7 Å². The van der Waals surface area contributed by atoms with Crippen LogP contribution in [0.4, 0.5) is 4.72 Å². The number of hydrogen-bond acceptors (Lipinski definition) is 6. The number of rotatable bonds is 14. The molecule has 0 aromatic rings. The van der Waals surface area contributed by atoms with Gasteiger partial charge in [-0.25, -0.2) is 4.79 Å². The second kappa shape index (κ2) is 21.8. The number of allylic oxidation sites excluding steroid dienone is 1. The molecule has 0 aromatic heterocycles. The number of carbonyl (C=O) groups excluding carboxylic acids is 5. The third-order valence-corrected chi connectivity index (χ3v) is 4.55. The van der Waals surface area contributed by atoms with Crippen molar-refractivity contribution < 1.29 is 90.0 Å². The van der Waals surface area contributed by atoms with E-state index in [0.717, 1.165) is 12.2 Å². The SMILES string of the molecule is CC(=O)/C=C/C(=O)NCCCCC1NC(=O)C(CCCCNC(=O)/C=C/C(=O)O)NC1=O.[2H]F.[K+].[PH2-]. The molecule has 5 N–H and O–H groups in total. The van der Waals surface area contributed by atoms with Gasteiger partial charge in [0, 0.05) is 31.3 Å². The first-order valence-electron chi connectivity index (χ1n) is 10.8. The van der Waals surface area contributed by atoms with Crippen molar-refractivity contribution in [2.75, 3.05) is 13.1 Å². The molecule has 1 fully saturated rings. The third-order valence-electron chi connectivity index (χ3n) is 4.55. The molecule has 2 atom stereocenters. The van der Waals surface area contributed by atoms with Gasteiger partial charge >= 0.3 is 57.4 Å². The molecule has 0 radical (unpaired) electrons. The minimum Gasteiger partial charge on any atom is -0.577 e. The molecule has 1 heterocycles. The molecule has 0 aromatic carbocycles. The van der Waals surface area contributed by atoms with E-state index in [-0.39, 0.29) is 84.8 Å². The van der Waals surface area contributed by atoms with Crippen LogP contribution in [-0.2, 0) is 28.8 Å². The van der Waals surface area contributed by atoms with Gasteiger partial charge in [-0.05, 0) is 51.5 Å². The van der Waals surface area contributed by atoms with E-state index in [1.54, 1.807) is 0 Å². The molecule has 192 valence electrons. The van der Waals surface area contributed by atoms with Crippen LogP contribution in [0, 0.1) is 0 Å². The summed E-state index contributed by atoms with van der Waals surface area (Å²) in [5.74, 6) is -2.80. The van der Waals surface area contributed by atoms with Crippen LogP contribution in [0.5, 0.6) is 0 Å². The summed E-state index contributed by atoms with van der Waals surface area (Å²) >= 11 is 0. The molecule has 2 unspecified atom stereocenters. The standard InChI is InChI=1S/C21H30N4O7.FH.K.H2P/c1-14(26)8-9-17(27)22-12-4-2-6-15-20(31)25-16(21(32)24-15)7-3-5-13-23-18(28)10-11-19(29)30;;;/h8-11,15-16H,2-7,12-13H2,1H3,(H,22,27)(H,23,28)(H,24,32)(H,25,31)(H,29,30);1H;;1H2/q;;+1;-1/b9-8+,11-10+;;;/i/hD. The molecule has 14 heteroatoms. The van der Waals surface area contributed by atoms with Crippen LogP contribution in [0.1, 0.15) is 45.4 Å². The second-order valence-electron chi connectivity index (χ2n) is 7.31. The number of nitrogens with one attached hydrogen (secondary N) is 4. The number of aliphatic carboxylic acids is 1. The van der Waals surface area contributed by atoms with Crippen molar-refractivity contribution in [3.63, 3.8) is 0 Å². The molecular weight excluding hydrogens is 509 g/mol. The molecular formula is C21H33FKN4O7P. The fourth-order valence-corrected chi connectivity index (χ4v) is 2.91. The zero-order valence-electron chi connectivity index (χ0n) is 21.0. The number of piperazine rings is 1. The summed E-state index contributed by atoms with van der Waals surface area (Å²) in [7, 11) is 0. The van der Waals surface area contributed by atoms with Gasteiger partial charge in [0.15, 0.2) is 5.78 Å². The minimum atomic E-state index is -1.21. The molecule has 0 bridgehead atoms. The second-order valence-corrected chi connectivity index (χ2v) is 7.31. The molecule has 1 aliphatic rings. The molecule has 1 rings (SSSR count).